The van der Waals surface area contributed by atoms with Crippen LogP contribution in [-0.4, -0.2) is 25.8 Å². The first-order chi connectivity index (χ1) is 11.0. The number of nitrogens with zero attached hydrogens (tertiary/aromatic N) is 4. The van der Waals surface area contributed by atoms with Gasteiger partial charge >= 0.3 is 0 Å². The highest BCUT2D eigenvalue weighted by molar-refractivity contribution is 7.16. The molecule has 0 aliphatic rings. The third-order valence-electron chi connectivity index (χ3n) is 4.24. The molecule has 3 rings (SSSR count). The normalized spacial score (nSPS) is 12.7. The number of aryl methyl sites for hydroxylation is 3. The highest BCUT2D eigenvalue weighted by Crippen LogP contribution is 2.26. The zero-order valence-corrected chi connectivity index (χ0v) is 15.2. The number of thiophene rings is 1. The Morgan fingerprint density at radius 3 is 2.74 bits per heavy atom. The molecule has 1 atom stereocenters. The maximum atomic E-state index is 4.69. The number of hydrogen-bond acceptors (Lipinski definition) is 5. The lowest BCUT2D eigenvalue weighted by Crippen LogP contribution is -2.20. The summed E-state index contributed by atoms with van der Waals surface area (Å²) in [5, 5.41) is 11.3. The molecule has 0 aliphatic carbocycles. The van der Waals surface area contributed by atoms with Crippen molar-refractivity contribution in [3.63, 3.8) is 0 Å². The lowest BCUT2D eigenvalue weighted by atomic mass is 10.1. The van der Waals surface area contributed by atoms with E-state index in [0.29, 0.717) is 0 Å². The van der Waals surface area contributed by atoms with Crippen molar-refractivity contribution < 1.29 is 0 Å². The maximum Gasteiger partial charge on any atom is 0.138 e. The third-order valence-corrected chi connectivity index (χ3v) is 5.05. The topological polar surface area (TPSA) is 55.6 Å². The lowest BCUT2D eigenvalue weighted by molar-refractivity contribution is 0.726. The number of fused-ring (bicyclic) bond motifs is 1. The van der Waals surface area contributed by atoms with Gasteiger partial charge in [-0.15, -0.1) is 11.3 Å². The van der Waals surface area contributed by atoms with Crippen molar-refractivity contribution in [2.45, 2.75) is 46.6 Å². The van der Waals surface area contributed by atoms with E-state index in [4.69, 9.17) is 0 Å². The van der Waals surface area contributed by atoms with Gasteiger partial charge in [0.2, 0.25) is 0 Å². The molecule has 1 N–H and O–H groups in total. The molecule has 23 heavy (non-hydrogen) atoms. The molecule has 0 fully saturated rings. The lowest BCUT2D eigenvalue weighted by Gasteiger charge is -2.16. The van der Waals surface area contributed by atoms with Gasteiger partial charge in [-0.2, -0.15) is 5.10 Å². The van der Waals surface area contributed by atoms with Gasteiger partial charge in [-0.1, -0.05) is 6.92 Å². The van der Waals surface area contributed by atoms with Crippen molar-refractivity contribution in [2.24, 2.45) is 7.05 Å². The number of nitrogens with one attached hydrogen (secondary N) is 1. The number of aromatic nitrogens is 4. The van der Waals surface area contributed by atoms with Crippen LogP contribution in [0.5, 0.6) is 0 Å². The van der Waals surface area contributed by atoms with E-state index in [0.717, 1.165) is 40.4 Å². The van der Waals surface area contributed by atoms with Crippen molar-refractivity contribution in [2.75, 3.05) is 5.32 Å². The zero-order valence-electron chi connectivity index (χ0n) is 14.3. The number of rotatable bonds is 5. The Kier molecular flexibility index (Phi) is 4.35. The van der Waals surface area contributed by atoms with Gasteiger partial charge in [0, 0.05) is 25.2 Å². The van der Waals surface area contributed by atoms with Gasteiger partial charge in [-0.3, -0.25) is 4.68 Å². The fraction of sp³-hybridized carbons (Fsp3) is 0.471. The van der Waals surface area contributed by atoms with Crippen LogP contribution in [0.4, 0.5) is 5.82 Å². The van der Waals surface area contributed by atoms with E-state index in [-0.39, 0.29) is 6.04 Å². The Bertz CT molecular complexity index is 833. The number of hydrogen-bond donors (Lipinski definition) is 1. The molecular formula is C17H23N5S. The Morgan fingerprint density at radius 2 is 2.09 bits per heavy atom. The summed E-state index contributed by atoms with van der Waals surface area (Å²) in [7, 11) is 2.00. The summed E-state index contributed by atoms with van der Waals surface area (Å²) < 4.78 is 1.95. The first kappa shape index (κ1) is 15.9. The van der Waals surface area contributed by atoms with E-state index < -0.39 is 0 Å². The fourth-order valence-electron chi connectivity index (χ4n) is 2.87. The Labute approximate surface area is 140 Å². The standard InChI is InChI=1S/C17H23N5S/c1-6-15-19-16(13-7-8-23-17(13)20-15)18-10(2)9-14-11(3)21-22(5)12(14)4/h7-8,10H,6,9H2,1-5H3,(H,18,19,20). The van der Waals surface area contributed by atoms with Crippen molar-refractivity contribution in [3.05, 3.63) is 34.2 Å². The molecule has 0 saturated carbocycles. The highest BCUT2D eigenvalue weighted by atomic mass is 32.1. The van der Waals surface area contributed by atoms with Crippen LogP contribution in [0.25, 0.3) is 10.2 Å². The second-order valence-electron chi connectivity index (χ2n) is 6.00. The van der Waals surface area contributed by atoms with E-state index in [2.05, 4.69) is 59.5 Å². The molecule has 1 unspecified atom stereocenters. The quantitative estimate of drug-likeness (QED) is 0.776. The summed E-state index contributed by atoms with van der Waals surface area (Å²) in [4.78, 5) is 10.3. The molecule has 6 heteroatoms. The smallest absolute Gasteiger partial charge is 0.138 e. The van der Waals surface area contributed by atoms with Crippen molar-refractivity contribution in [1.82, 2.24) is 19.7 Å². The summed E-state index contributed by atoms with van der Waals surface area (Å²) in [6, 6.07) is 2.37. The molecule has 0 amide bonds. The summed E-state index contributed by atoms with van der Waals surface area (Å²) in [5.74, 6) is 1.84. The van der Waals surface area contributed by atoms with Crippen LogP contribution in [0, 0.1) is 13.8 Å². The molecule has 0 aromatic carbocycles. The molecule has 0 spiro atoms. The third kappa shape index (κ3) is 3.08. The molecule has 3 aromatic heterocycles. The molecule has 122 valence electrons. The van der Waals surface area contributed by atoms with Crippen LogP contribution in [0.15, 0.2) is 11.4 Å². The van der Waals surface area contributed by atoms with Gasteiger partial charge in [-0.05, 0) is 44.2 Å². The largest absolute Gasteiger partial charge is 0.367 e. The van der Waals surface area contributed by atoms with Crippen LogP contribution < -0.4 is 5.32 Å². The summed E-state index contributed by atoms with van der Waals surface area (Å²) >= 11 is 1.67. The van der Waals surface area contributed by atoms with E-state index in [1.807, 2.05) is 11.7 Å². The summed E-state index contributed by atoms with van der Waals surface area (Å²) in [6.45, 7) is 8.48. The predicted octanol–water partition coefficient (Wildman–Crippen LogP) is 3.65. The summed E-state index contributed by atoms with van der Waals surface area (Å²) in [6.07, 6.45) is 1.78. The molecule has 0 aliphatic heterocycles. The predicted molar refractivity (Wildman–Crippen MR) is 96.3 cm³/mol. The van der Waals surface area contributed by atoms with Crippen LogP contribution in [0.1, 0.15) is 36.6 Å². The highest BCUT2D eigenvalue weighted by Gasteiger charge is 2.15. The fourth-order valence-corrected chi connectivity index (χ4v) is 3.65. The number of anilines is 1. The first-order valence-corrected chi connectivity index (χ1v) is 8.87. The minimum Gasteiger partial charge on any atom is -0.367 e. The Hall–Kier alpha value is -1.95. The molecule has 5 nitrogen and oxygen atoms in total. The van der Waals surface area contributed by atoms with Crippen molar-refractivity contribution >= 4 is 27.4 Å². The van der Waals surface area contributed by atoms with Crippen LogP contribution in [0.3, 0.4) is 0 Å². The van der Waals surface area contributed by atoms with Crippen LogP contribution in [-0.2, 0) is 19.9 Å². The molecule has 0 bridgehead atoms. The van der Waals surface area contributed by atoms with Crippen LogP contribution in [0.2, 0.25) is 0 Å². The maximum absolute atomic E-state index is 4.69. The average Bonchev–Trinajstić information content (AvgIpc) is 3.08. The monoisotopic (exact) mass is 329 g/mol. The van der Waals surface area contributed by atoms with E-state index in [1.54, 1.807) is 11.3 Å². The minimum atomic E-state index is 0.277. The van der Waals surface area contributed by atoms with Gasteiger partial charge in [0.25, 0.3) is 0 Å². The van der Waals surface area contributed by atoms with E-state index in [9.17, 15) is 0 Å². The van der Waals surface area contributed by atoms with E-state index >= 15 is 0 Å². The molecule has 0 radical (unpaired) electrons. The Balaban J connectivity index is 1.85. The Morgan fingerprint density at radius 1 is 1.30 bits per heavy atom. The first-order valence-electron chi connectivity index (χ1n) is 7.99. The summed E-state index contributed by atoms with van der Waals surface area (Å²) in [5.41, 5.74) is 3.66. The van der Waals surface area contributed by atoms with Gasteiger partial charge in [-0.25, -0.2) is 9.97 Å². The molecule has 0 saturated heterocycles. The second kappa shape index (κ2) is 6.28. The van der Waals surface area contributed by atoms with Crippen molar-refractivity contribution in [3.8, 4) is 0 Å². The van der Waals surface area contributed by atoms with Gasteiger partial charge < -0.3 is 5.32 Å². The van der Waals surface area contributed by atoms with Crippen LogP contribution >= 0.6 is 11.3 Å². The van der Waals surface area contributed by atoms with E-state index in [1.165, 1.54) is 11.3 Å². The molecule has 3 heterocycles. The zero-order chi connectivity index (χ0) is 16.6. The van der Waals surface area contributed by atoms with Crippen molar-refractivity contribution in [1.29, 1.82) is 0 Å². The van der Waals surface area contributed by atoms with Gasteiger partial charge in [0.1, 0.15) is 16.5 Å². The average molecular weight is 329 g/mol. The van der Waals surface area contributed by atoms with Gasteiger partial charge in [0.05, 0.1) is 11.1 Å². The molecular weight excluding hydrogens is 306 g/mol. The minimum absolute atomic E-state index is 0.277. The van der Waals surface area contributed by atoms with Gasteiger partial charge in [0.15, 0.2) is 0 Å². The SMILES string of the molecule is CCc1nc(NC(C)Cc2c(C)nn(C)c2C)c2ccsc2n1. The second-order valence-corrected chi connectivity index (χ2v) is 6.90. The molecule has 3 aromatic rings.